The molecule has 29 heavy (non-hydrogen) atoms. The van der Waals surface area contributed by atoms with Crippen LogP contribution in [-0.4, -0.2) is 53.9 Å². The summed E-state index contributed by atoms with van der Waals surface area (Å²) in [5.74, 6) is -1.10. The van der Waals surface area contributed by atoms with E-state index in [1.54, 1.807) is 24.3 Å². The van der Waals surface area contributed by atoms with Gasteiger partial charge in [0.05, 0.1) is 25.4 Å². The zero-order valence-electron chi connectivity index (χ0n) is 18.1. The number of ether oxygens (including phenoxy) is 2. The number of rotatable bonds is 10. The molecule has 0 amide bonds. The first-order valence-electron chi connectivity index (χ1n) is 10.8. The molecular formula is C23H37FO5. The van der Waals surface area contributed by atoms with E-state index in [0.29, 0.717) is 12.8 Å². The minimum atomic E-state index is -1.23. The Morgan fingerprint density at radius 3 is 2.76 bits per heavy atom. The maximum absolute atomic E-state index is 15.1. The van der Waals surface area contributed by atoms with Crippen molar-refractivity contribution >= 4 is 5.97 Å². The van der Waals surface area contributed by atoms with E-state index in [0.717, 1.165) is 19.3 Å². The maximum atomic E-state index is 15.1. The van der Waals surface area contributed by atoms with Crippen LogP contribution in [0.15, 0.2) is 24.3 Å². The number of aliphatic hydroxyl groups excluding tert-OH is 2. The normalized spacial score (nSPS) is 33.5. The van der Waals surface area contributed by atoms with Crippen molar-refractivity contribution in [3.63, 3.8) is 0 Å². The quantitative estimate of drug-likeness (QED) is 0.422. The first-order chi connectivity index (χ1) is 13.7. The third-order valence-electron chi connectivity index (χ3n) is 6.36. The lowest BCUT2D eigenvalue weighted by atomic mass is 9.80. The second kappa shape index (κ2) is 10.7. The van der Waals surface area contributed by atoms with Crippen molar-refractivity contribution in [2.45, 2.75) is 89.9 Å². The Labute approximate surface area is 174 Å². The van der Waals surface area contributed by atoms with Crippen LogP contribution < -0.4 is 0 Å². The number of hydrogen-bond donors (Lipinski definition) is 2. The van der Waals surface area contributed by atoms with Crippen molar-refractivity contribution in [2.75, 3.05) is 7.11 Å². The lowest BCUT2D eigenvalue weighted by Crippen LogP contribution is -2.30. The van der Waals surface area contributed by atoms with Crippen LogP contribution in [0.1, 0.15) is 59.3 Å². The molecule has 0 aromatic carbocycles. The van der Waals surface area contributed by atoms with E-state index in [9.17, 15) is 15.0 Å². The average molecular weight is 413 g/mol. The summed E-state index contributed by atoms with van der Waals surface area (Å²) in [6.07, 6.45) is 7.49. The summed E-state index contributed by atoms with van der Waals surface area (Å²) in [4.78, 5) is 11.1. The van der Waals surface area contributed by atoms with Gasteiger partial charge in [-0.25, -0.2) is 4.39 Å². The Kier molecular flexibility index (Phi) is 8.86. The number of methoxy groups -OCH3 is 1. The van der Waals surface area contributed by atoms with E-state index in [-0.39, 0.29) is 29.8 Å². The molecule has 2 rings (SSSR count). The van der Waals surface area contributed by atoms with Crippen molar-refractivity contribution in [3.8, 4) is 0 Å². The van der Waals surface area contributed by atoms with E-state index in [1.165, 1.54) is 7.11 Å². The molecule has 0 unspecified atom stereocenters. The van der Waals surface area contributed by atoms with Crippen LogP contribution in [0.4, 0.5) is 4.39 Å². The Morgan fingerprint density at radius 2 is 2.10 bits per heavy atom. The minimum absolute atomic E-state index is 0.249. The third-order valence-corrected chi connectivity index (χ3v) is 6.36. The standard InChI is InChI=1S/C23H37FO5/c1-5-6-13-23(2,3)19(26)12-11-15-16(25)14-18-21(15)22(24)17(29-18)9-7-8-10-20(27)28-4/h7,9,11-12,15-19,21-22,25-26H,5-6,8,10,13-14H2,1-4H3/t15-,16+,17+,18+,19+,21+,22+/m0/s1. The van der Waals surface area contributed by atoms with E-state index < -0.39 is 30.4 Å². The smallest absolute Gasteiger partial charge is 0.305 e. The average Bonchev–Trinajstić information content (AvgIpc) is 3.16. The van der Waals surface area contributed by atoms with Crippen molar-refractivity contribution in [2.24, 2.45) is 17.3 Å². The highest BCUT2D eigenvalue weighted by molar-refractivity contribution is 5.69. The van der Waals surface area contributed by atoms with Gasteiger partial charge < -0.3 is 19.7 Å². The molecule has 1 aliphatic carbocycles. The highest BCUT2D eigenvalue weighted by Crippen LogP contribution is 2.46. The van der Waals surface area contributed by atoms with Crippen LogP contribution in [0.5, 0.6) is 0 Å². The van der Waals surface area contributed by atoms with Gasteiger partial charge in [0, 0.05) is 24.7 Å². The summed E-state index contributed by atoms with van der Waals surface area (Å²) in [5, 5.41) is 21.0. The number of esters is 1. The fraction of sp³-hybridized carbons (Fsp3) is 0.783. The number of carbonyl (C=O) groups is 1. The summed E-state index contributed by atoms with van der Waals surface area (Å²) in [7, 11) is 1.34. The first kappa shape index (κ1) is 24.0. The molecule has 0 aromatic heterocycles. The highest BCUT2D eigenvalue weighted by Gasteiger charge is 2.54. The molecule has 0 radical (unpaired) electrons. The van der Waals surface area contributed by atoms with E-state index >= 15 is 4.39 Å². The fourth-order valence-corrected chi connectivity index (χ4v) is 4.33. The van der Waals surface area contributed by atoms with Gasteiger partial charge in [0.2, 0.25) is 0 Å². The molecular weight excluding hydrogens is 375 g/mol. The monoisotopic (exact) mass is 412 g/mol. The van der Waals surface area contributed by atoms with Gasteiger partial charge in [0.15, 0.2) is 0 Å². The van der Waals surface area contributed by atoms with E-state index in [4.69, 9.17) is 4.74 Å². The lowest BCUT2D eigenvalue weighted by Gasteiger charge is -2.29. The number of hydrogen-bond acceptors (Lipinski definition) is 5. The van der Waals surface area contributed by atoms with Crippen LogP contribution in [0.3, 0.4) is 0 Å². The van der Waals surface area contributed by atoms with Crippen molar-refractivity contribution in [1.29, 1.82) is 0 Å². The minimum Gasteiger partial charge on any atom is -0.469 e. The van der Waals surface area contributed by atoms with Crippen LogP contribution in [0.25, 0.3) is 0 Å². The number of halogens is 1. The fourth-order valence-electron chi connectivity index (χ4n) is 4.33. The number of allylic oxidation sites excluding steroid dienone is 1. The Balaban J connectivity index is 1.97. The highest BCUT2D eigenvalue weighted by atomic mass is 19.1. The van der Waals surface area contributed by atoms with E-state index in [2.05, 4.69) is 11.7 Å². The molecule has 166 valence electrons. The Morgan fingerprint density at radius 1 is 1.38 bits per heavy atom. The molecule has 6 heteroatoms. The summed E-state index contributed by atoms with van der Waals surface area (Å²) >= 11 is 0. The Bertz CT molecular complexity index is 588. The third kappa shape index (κ3) is 6.12. The van der Waals surface area contributed by atoms with Gasteiger partial charge in [0.25, 0.3) is 0 Å². The second-order valence-corrected chi connectivity index (χ2v) is 9.01. The van der Waals surface area contributed by atoms with Gasteiger partial charge in [-0.05, 0) is 18.3 Å². The molecule has 1 heterocycles. The number of carbonyl (C=O) groups excluding carboxylic acids is 1. The van der Waals surface area contributed by atoms with Crippen LogP contribution >= 0.6 is 0 Å². The zero-order chi connectivity index (χ0) is 21.6. The topological polar surface area (TPSA) is 76.0 Å². The van der Waals surface area contributed by atoms with Gasteiger partial charge in [-0.3, -0.25) is 4.79 Å². The first-order valence-corrected chi connectivity index (χ1v) is 10.8. The number of unbranched alkanes of at least 4 members (excludes halogenated alkanes) is 1. The number of alkyl halides is 1. The predicted octanol–water partition coefficient (Wildman–Crippen LogP) is 3.73. The van der Waals surface area contributed by atoms with Gasteiger partial charge in [-0.15, -0.1) is 0 Å². The van der Waals surface area contributed by atoms with Crippen LogP contribution in [0, 0.1) is 17.3 Å². The molecule has 5 nitrogen and oxygen atoms in total. The Hall–Kier alpha value is -1.24. The van der Waals surface area contributed by atoms with Crippen molar-refractivity contribution in [1.82, 2.24) is 0 Å². The largest absolute Gasteiger partial charge is 0.469 e. The van der Waals surface area contributed by atoms with Gasteiger partial charge in [-0.2, -0.15) is 0 Å². The van der Waals surface area contributed by atoms with E-state index in [1.807, 2.05) is 13.8 Å². The zero-order valence-corrected chi connectivity index (χ0v) is 18.1. The molecule has 0 bridgehead atoms. The molecule has 7 atom stereocenters. The van der Waals surface area contributed by atoms with Gasteiger partial charge >= 0.3 is 5.97 Å². The molecule has 0 aromatic rings. The number of fused-ring (bicyclic) bond motifs is 1. The molecule has 2 fully saturated rings. The predicted molar refractivity (Wildman–Crippen MR) is 110 cm³/mol. The van der Waals surface area contributed by atoms with Crippen LogP contribution in [-0.2, 0) is 14.3 Å². The molecule has 1 saturated heterocycles. The summed E-state index contributed by atoms with van der Waals surface area (Å²) in [5.41, 5.74) is -0.262. The molecule has 0 spiro atoms. The summed E-state index contributed by atoms with van der Waals surface area (Å²) in [6, 6.07) is 0. The summed E-state index contributed by atoms with van der Waals surface area (Å²) < 4.78 is 25.5. The summed E-state index contributed by atoms with van der Waals surface area (Å²) in [6.45, 7) is 6.17. The lowest BCUT2D eigenvalue weighted by molar-refractivity contribution is -0.140. The van der Waals surface area contributed by atoms with Crippen molar-refractivity contribution < 1.29 is 28.9 Å². The molecule has 2 aliphatic rings. The SMILES string of the molecule is CCCCC(C)(C)[C@H](O)C=C[C@@H]1[C@H]2[C@H](F)[C@@H](C=CCCC(=O)OC)O[C@@H]2C[C@H]1O. The van der Waals surface area contributed by atoms with Crippen molar-refractivity contribution in [3.05, 3.63) is 24.3 Å². The molecule has 2 N–H and O–H groups in total. The van der Waals surface area contributed by atoms with Gasteiger partial charge in [-0.1, -0.05) is 57.9 Å². The second-order valence-electron chi connectivity index (χ2n) is 9.01. The van der Waals surface area contributed by atoms with Crippen LogP contribution in [0.2, 0.25) is 0 Å². The molecule has 1 saturated carbocycles. The number of aliphatic hydroxyl groups is 2. The maximum Gasteiger partial charge on any atom is 0.305 e. The van der Waals surface area contributed by atoms with Gasteiger partial charge in [0.1, 0.15) is 12.3 Å². The molecule has 1 aliphatic heterocycles.